The minimum atomic E-state index is -3.73. The van der Waals surface area contributed by atoms with Crippen LogP contribution in [0.25, 0.3) is 33.4 Å². The van der Waals surface area contributed by atoms with E-state index in [0.29, 0.717) is 44.7 Å². The molecule has 3 N–H and O–H groups in total. The van der Waals surface area contributed by atoms with Crippen LogP contribution in [0.15, 0.2) is 59.5 Å². The molecule has 10 heteroatoms. The maximum absolute atomic E-state index is 12.4. The van der Waals surface area contributed by atoms with Gasteiger partial charge in [0.15, 0.2) is 5.43 Å². The summed E-state index contributed by atoms with van der Waals surface area (Å²) >= 11 is 6.35. The number of pyridine rings is 2. The van der Waals surface area contributed by atoms with Crippen LogP contribution in [0, 0.1) is 11.3 Å². The first kappa shape index (κ1) is 19.1. The number of aromatic nitrogens is 2. The lowest BCUT2D eigenvalue weighted by molar-refractivity contribution is 0.607. The molecule has 2 aromatic carbocycles. The fraction of sp³-hybridized carbons (Fsp3) is 0. The van der Waals surface area contributed by atoms with Gasteiger partial charge in [0.2, 0.25) is 0 Å². The predicted molar refractivity (Wildman–Crippen MR) is 119 cm³/mol. The van der Waals surface area contributed by atoms with Gasteiger partial charge in [0.25, 0.3) is 0 Å². The molecule has 1 aliphatic rings. The van der Waals surface area contributed by atoms with Crippen molar-refractivity contribution in [3.63, 3.8) is 0 Å². The molecule has 0 bridgehead atoms. The van der Waals surface area contributed by atoms with Crippen LogP contribution in [0.4, 0.5) is 11.4 Å². The maximum Gasteiger partial charge on any atom is 0.321 e. The number of benzene rings is 2. The van der Waals surface area contributed by atoms with E-state index in [2.05, 4.69) is 25.5 Å². The van der Waals surface area contributed by atoms with Crippen LogP contribution in [0.2, 0.25) is 5.02 Å². The summed E-state index contributed by atoms with van der Waals surface area (Å²) in [7, 11) is -3.73. The Morgan fingerprint density at radius 2 is 1.87 bits per heavy atom. The highest BCUT2D eigenvalue weighted by Gasteiger charge is 2.26. The van der Waals surface area contributed by atoms with Gasteiger partial charge in [-0.15, -0.1) is 0 Å². The first-order valence-corrected chi connectivity index (χ1v) is 10.9. The molecule has 0 fully saturated rings. The van der Waals surface area contributed by atoms with Gasteiger partial charge in [0.1, 0.15) is 5.65 Å². The number of nitriles is 1. The fourth-order valence-corrected chi connectivity index (χ4v) is 4.84. The largest absolute Gasteiger partial charge is 0.346 e. The van der Waals surface area contributed by atoms with Crippen molar-refractivity contribution in [1.29, 1.82) is 5.26 Å². The summed E-state index contributed by atoms with van der Waals surface area (Å²) in [5, 5.41) is 9.85. The van der Waals surface area contributed by atoms with Crippen LogP contribution in [0.5, 0.6) is 0 Å². The van der Waals surface area contributed by atoms with Gasteiger partial charge in [-0.1, -0.05) is 23.7 Å². The smallest absolute Gasteiger partial charge is 0.321 e. The molecular formula is C21H12ClN5O3S. The van der Waals surface area contributed by atoms with Gasteiger partial charge >= 0.3 is 10.2 Å². The second-order valence-electron chi connectivity index (χ2n) is 6.90. The zero-order valence-electron chi connectivity index (χ0n) is 15.6. The lowest BCUT2D eigenvalue weighted by Crippen LogP contribution is -2.12. The highest BCUT2D eigenvalue weighted by Crippen LogP contribution is 2.42. The summed E-state index contributed by atoms with van der Waals surface area (Å²) in [6.45, 7) is 0. The van der Waals surface area contributed by atoms with Crippen molar-refractivity contribution in [3.05, 3.63) is 75.5 Å². The van der Waals surface area contributed by atoms with Gasteiger partial charge in [-0.2, -0.15) is 13.7 Å². The van der Waals surface area contributed by atoms with Gasteiger partial charge < -0.3 is 4.98 Å². The molecule has 0 spiro atoms. The van der Waals surface area contributed by atoms with Crippen LogP contribution >= 0.6 is 11.6 Å². The molecule has 0 aliphatic carbocycles. The van der Waals surface area contributed by atoms with E-state index in [1.807, 2.05) is 0 Å². The second kappa shape index (κ2) is 6.84. The van der Waals surface area contributed by atoms with Crippen LogP contribution in [0.3, 0.4) is 0 Å². The highest BCUT2D eigenvalue weighted by molar-refractivity contribution is 7.94. The zero-order valence-corrected chi connectivity index (χ0v) is 17.2. The van der Waals surface area contributed by atoms with E-state index in [4.69, 9.17) is 11.6 Å². The zero-order chi connectivity index (χ0) is 21.8. The van der Waals surface area contributed by atoms with Crippen LogP contribution in [0.1, 0.15) is 5.56 Å². The van der Waals surface area contributed by atoms with Crippen LogP contribution in [-0.4, -0.2) is 18.4 Å². The average molecular weight is 450 g/mol. The molecule has 0 saturated carbocycles. The number of halogens is 1. The summed E-state index contributed by atoms with van der Waals surface area (Å²) in [4.78, 5) is 20.0. The molecule has 0 unspecified atom stereocenters. The van der Waals surface area contributed by atoms with E-state index in [9.17, 15) is 18.5 Å². The quantitative estimate of drug-likeness (QED) is 0.428. The van der Waals surface area contributed by atoms with Crippen molar-refractivity contribution in [2.24, 2.45) is 0 Å². The third-order valence-corrected chi connectivity index (χ3v) is 6.15. The van der Waals surface area contributed by atoms with E-state index in [0.717, 1.165) is 0 Å². The Labute approximate surface area is 181 Å². The first-order chi connectivity index (χ1) is 14.8. The molecule has 2 aromatic heterocycles. The summed E-state index contributed by atoms with van der Waals surface area (Å²) in [5.41, 5.74) is 3.48. The number of rotatable bonds is 2. The first-order valence-electron chi connectivity index (χ1n) is 9.02. The van der Waals surface area contributed by atoms with Crippen LogP contribution in [-0.2, 0) is 10.2 Å². The Bertz CT molecular complexity index is 1610. The molecular weight excluding hydrogens is 438 g/mol. The Kier molecular flexibility index (Phi) is 4.22. The molecule has 5 rings (SSSR count). The average Bonchev–Trinajstić information content (AvgIpc) is 3.08. The molecule has 31 heavy (non-hydrogen) atoms. The van der Waals surface area contributed by atoms with Crippen molar-refractivity contribution in [1.82, 2.24) is 9.97 Å². The second-order valence-corrected chi connectivity index (χ2v) is 8.73. The van der Waals surface area contributed by atoms with Crippen molar-refractivity contribution in [3.8, 4) is 28.5 Å². The monoisotopic (exact) mass is 449 g/mol. The van der Waals surface area contributed by atoms with E-state index in [-0.39, 0.29) is 16.1 Å². The normalized spacial score (nSPS) is 13.8. The van der Waals surface area contributed by atoms with Gasteiger partial charge in [0.05, 0.1) is 39.1 Å². The summed E-state index contributed by atoms with van der Waals surface area (Å²) in [6, 6.07) is 15.3. The summed E-state index contributed by atoms with van der Waals surface area (Å²) in [5.74, 6) is 0. The summed E-state index contributed by atoms with van der Waals surface area (Å²) < 4.78 is 28.5. The standard InChI is InChI=1S/C21H12ClN5O3S/c22-16-7-13(8-17-20(16)27-31(29,30)26-17)14-9-15-18(28)4-5-24-21(15)25-19(14)12-3-1-2-11(6-12)10-23/h1-9,26-27H,(H,24,25,28). The molecule has 1 aliphatic heterocycles. The van der Waals surface area contributed by atoms with Crippen molar-refractivity contribution >= 4 is 44.2 Å². The van der Waals surface area contributed by atoms with Crippen molar-refractivity contribution in [2.75, 3.05) is 9.44 Å². The number of fused-ring (bicyclic) bond motifs is 2. The highest BCUT2D eigenvalue weighted by atomic mass is 35.5. The Morgan fingerprint density at radius 3 is 2.68 bits per heavy atom. The van der Waals surface area contributed by atoms with Crippen LogP contribution < -0.4 is 14.9 Å². The minimum Gasteiger partial charge on any atom is -0.346 e. The van der Waals surface area contributed by atoms with E-state index in [1.165, 1.54) is 12.3 Å². The number of H-pyrrole nitrogens is 1. The molecule has 0 atom stereocenters. The van der Waals surface area contributed by atoms with Gasteiger partial charge in [-0.05, 0) is 35.9 Å². The van der Waals surface area contributed by atoms with Gasteiger partial charge in [-0.25, -0.2) is 4.98 Å². The number of hydrogen-bond acceptors (Lipinski definition) is 5. The molecule has 0 radical (unpaired) electrons. The molecule has 4 aromatic rings. The van der Waals surface area contributed by atoms with Crippen molar-refractivity contribution in [2.45, 2.75) is 0 Å². The number of anilines is 2. The van der Waals surface area contributed by atoms with E-state index < -0.39 is 10.2 Å². The Hall–Kier alpha value is -3.87. The third kappa shape index (κ3) is 3.28. The topological polar surface area (TPSA) is 128 Å². The fourth-order valence-electron chi connectivity index (χ4n) is 3.52. The summed E-state index contributed by atoms with van der Waals surface area (Å²) in [6.07, 6.45) is 1.51. The van der Waals surface area contributed by atoms with E-state index >= 15 is 0 Å². The molecule has 8 nitrogen and oxygen atoms in total. The molecule has 0 saturated heterocycles. The number of hydrogen-bond donors (Lipinski definition) is 3. The lowest BCUT2D eigenvalue weighted by Gasteiger charge is -2.13. The number of aromatic amines is 1. The number of nitrogens with one attached hydrogen (secondary N) is 3. The molecule has 0 amide bonds. The molecule has 152 valence electrons. The van der Waals surface area contributed by atoms with Gasteiger partial charge in [-0.3, -0.25) is 14.2 Å². The lowest BCUT2D eigenvalue weighted by atomic mass is 9.96. The predicted octanol–water partition coefficient (Wildman–Crippen LogP) is 3.86. The Morgan fingerprint density at radius 1 is 1.03 bits per heavy atom. The van der Waals surface area contributed by atoms with Gasteiger partial charge in [0, 0.05) is 23.4 Å². The Balaban J connectivity index is 1.83. The minimum absolute atomic E-state index is 0.194. The third-order valence-electron chi connectivity index (χ3n) is 4.89. The molecule has 3 heterocycles. The van der Waals surface area contributed by atoms with Crippen molar-refractivity contribution < 1.29 is 8.42 Å². The SMILES string of the molecule is N#Cc1cccc(-c2nc3[nH]ccc(=O)c3cc2-c2cc(Cl)c3c(c2)NS(=O)(=O)N3)c1. The van der Waals surface area contributed by atoms with E-state index in [1.54, 1.807) is 42.5 Å². The number of nitrogens with zero attached hydrogens (tertiary/aromatic N) is 2. The maximum atomic E-state index is 12.4.